The molecule has 0 aliphatic carbocycles. The van der Waals surface area contributed by atoms with Gasteiger partial charge in [-0.15, -0.1) is 0 Å². The molecule has 2 heterocycles. The van der Waals surface area contributed by atoms with Crippen molar-refractivity contribution in [3.05, 3.63) is 57.8 Å². The fraction of sp³-hybridized carbons (Fsp3) is 0.350. The molecule has 1 unspecified atom stereocenters. The number of hydrogen-bond donors (Lipinski definition) is 1. The van der Waals surface area contributed by atoms with Gasteiger partial charge in [0.15, 0.2) is 0 Å². The molecule has 1 fully saturated rings. The van der Waals surface area contributed by atoms with Crippen LogP contribution in [0.25, 0.3) is 0 Å². The Morgan fingerprint density at radius 1 is 1.13 bits per heavy atom. The lowest BCUT2D eigenvalue weighted by atomic mass is 10.00. The van der Waals surface area contributed by atoms with Gasteiger partial charge in [-0.1, -0.05) is 15.9 Å². The topological polar surface area (TPSA) is 84.9 Å². The number of halogens is 2. The summed E-state index contributed by atoms with van der Waals surface area (Å²) in [6.07, 6.45) is 0.516. The van der Waals surface area contributed by atoms with Crippen molar-refractivity contribution in [3.63, 3.8) is 0 Å². The molecule has 0 spiro atoms. The zero-order valence-electron chi connectivity index (χ0n) is 15.9. The number of carbonyl (C=O) groups is 1. The van der Waals surface area contributed by atoms with Crippen LogP contribution in [0, 0.1) is 5.82 Å². The monoisotopic (exact) mass is 498 g/mol. The predicted octanol–water partition coefficient (Wildman–Crippen LogP) is 2.86. The lowest BCUT2D eigenvalue weighted by Gasteiger charge is -2.27. The smallest absolute Gasteiger partial charge is 0.254 e. The molecule has 1 N–H and O–H groups in total. The van der Waals surface area contributed by atoms with Gasteiger partial charge < -0.3 is 14.8 Å². The number of hydrogen-bond acceptors (Lipinski definition) is 5. The van der Waals surface area contributed by atoms with Gasteiger partial charge in [0.1, 0.15) is 11.6 Å². The van der Waals surface area contributed by atoms with Gasteiger partial charge in [-0.05, 0) is 36.4 Å². The second kappa shape index (κ2) is 8.62. The normalized spacial score (nSPS) is 19.6. The number of benzene rings is 2. The van der Waals surface area contributed by atoms with Crippen molar-refractivity contribution in [1.29, 1.82) is 0 Å². The van der Waals surface area contributed by atoms with Crippen LogP contribution < -0.4 is 10.1 Å². The molecular weight excluding hydrogens is 479 g/mol. The average Bonchev–Trinajstić information content (AvgIpc) is 2.75. The van der Waals surface area contributed by atoms with Gasteiger partial charge in [0, 0.05) is 29.5 Å². The summed E-state index contributed by atoms with van der Waals surface area (Å²) in [5, 5.41) is 2.81. The molecule has 1 saturated heterocycles. The van der Waals surface area contributed by atoms with Gasteiger partial charge >= 0.3 is 0 Å². The molecule has 4 rings (SSSR count). The van der Waals surface area contributed by atoms with E-state index in [2.05, 4.69) is 21.2 Å². The SMILES string of the molecule is O=C(NC1CCOc2ccc(Br)cc21)c1cc(S(=O)(=O)N2CCOCC2)ccc1F. The summed E-state index contributed by atoms with van der Waals surface area (Å²) in [7, 11) is -3.84. The van der Waals surface area contributed by atoms with E-state index in [1.807, 2.05) is 12.1 Å². The van der Waals surface area contributed by atoms with Crippen LogP contribution in [0.1, 0.15) is 28.4 Å². The Morgan fingerprint density at radius 3 is 2.67 bits per heavy atom. The van der Waals surface area contributed by atoms with Crippen LogP contribution in [0.15, 0.2) is 45.8 Å². The predicted molar refractivity (Wildman–Crippen MR) is 110 cm³/mol. The van der Waals surface area contributed by atoms with E-state index in [1.54, 1.807) is 6.07 Å². The highest BCUT2D eigenvalue weighted by atomic mass is 79.9. The maximum atomic E-state index is 14.4. The van der Waals surface area contributed by atoms with E-state index in [-0.39, 0.29) is 29.6 Å². The quantitative estimate of drug-likeness (QED) is 0.700. The third-order valence-corrected chi connectivity index (χ3v) is 7.49. The molecule has 0 aromatic heterocycles. The summed E-state index contributed by atoms with van der Waals surface area (Å²) in [4.78, 5) is 12.7. The van der Waals surface area contributed by atoms with Gasteiger partial charge in [-0.25, -0.2) is 12.8 Å². The molecule has 0 radical (unpaired) electrons. The molecule has 1 atom stereocenters. The van der Waals surface area contributed by atoms with Crippen LogP contribution >= 0.6 is 15.9 Å². The van der Waals surface area contributed by atoms with E-state index in [9.17, 15) is 17.6 Å². The van der Waals surface area contributed by atoms with Crippen molar-refractivity contribution >= 4 is 31.9 Å². The minimum atomic E-state index is -3.84. The number of nitrogens with zero attached hydrogens (tertiary/aromatic N) is 1. The third kappa shape index (κ3) is 4.22. The van der Waals surface area contributed by atoms with Crippen molar-refractivity contribution < 1.29 is 27.1 Å². The summed E-state index contributed by atoms with van der Waals surface area (Å²) >= 11 is 3.40. The van der Waals surface area contributed by atoms with Gasteiger partial charge in [0.2, 0.25) is 10.0 Å². The fourth-order valence-electron chi connectivity index (χ4n) is 3.53. The summed E-state index contributed by atoms with van der Waals surface area (Å²) in [6.45, 7) is 1.44. The number of morpholine rings is 1. The van der Waals surface area contributed by atoms with Gasteiger partial charge in [-0.3, -0.25) is 4.79 Å². The molecule has 2 aliphatic heterocycles. The van der Waals surface area contributed by atoms with Crippen LogP contribution in [0.3, 0.4) is 0 Å². The number of rotatable bonds is 4. The van der Waals surface area contributed by atoms with Crippen molar-refractivity contribution in [2.24, 2.45) is 0 Å². The first-order chi connectivity index (χ1) is 14.4. The van der Waals surface area contributed by atoms with Crippen molar-refractivity contribution in [2.75, 3.05) is 32.9 Å². The second-order valence-corrected chi connectivity index (χ2v) is 9.86. The van der Waals surface area contributed by atoms with Gasteiger partial charge in [0.05, 0.1) is 36.3 Å². The van der Waals surface area contributed by atoms with Crippen LogP contribution in [0.5, 0.6) is 5.75 Å². The van der Waals surface area contributed by atoms with E-state index in [4.69, 9.17) is 9.47 Å². The number of sulfonamides is 1. The Bertz CT molecular complexity index is 1070. The molecule has 7 nitrogen and oxygen atoms in total. The molecule has 1 amide bonds. The molecule has 2 aliphatic rings. The Labute approximate surface area is 182 Å². The number of carbonyl (C=O) groups excluding carboxylic acids is 1. The third-order valence-electron chi connectivity index (χ3n) is 5.11. The molecule has 30 heavy (non-hydrogen) atoms. The summed E-state index contributed by atoms with van der Waals surface area (Å²) in [5.41, 5.74) is 0.467. The summed E-state index contributed by atoms with van der Waals surface area (Å²) in [5.74, 6) is -0.807. The van der Waals surface area contributed by atoms with Crippen LogP contribution in [-0.2, 0) is 14.8 Å². The lowest BCUT2D eigenvalue weighted by Crippen LogP contribution is -2.40. The largest absolute Gasteiger partial charge is 0.493 e. The van der Waals surface area contributed by atoms with E-state index in [0.717, 1.165) is 22.2 Å². The first kappa shape index (κ1) is 21.2. The highest BCUT2D eigenvalue weighted by Gasteiger charge is 2.29. The Hall–Kier alpha value is -2.01. The standard InChI is InChI=1S/C20H20BrFN2O5S/c21-13-1-4-19-16(11-13)18(5-8-29-19)23-20(25)15-12-14(2-3-17(15)22)30(26,27)24-6-9-28-10-7-24/h1-4,11-12,18H,5-10H2,(H,23,25). The minimum Gasteiger partial charge on any atom is -0.493 e. The summed E-state index contributed by atoms with van der Waals surface area (Å²) < 4.78 is 53.1. The van der Waals surface area contributed by atoms with Gasteiger partial charge in [0.25, 0.3) is 5.91 Å². The first-order valence-electron chi connectivity index (χ1n) is 9.47. The van der Waals surface area contributed by atoms with Crippen LogP contribution in [0.4, 0.5) is 4.39 Å². The zero-order valence-corrected chi connectivity index (χ0v) is 18.3. The number of fused-ring (bicyclic) bond motifs is 1. The van der Waals surface area contributed by atoms with Gasteiger partial charge in [-0.2, -0.15) is 4.31 Å². The average molecular weight is 499 g/mol. The Morgan fingerprint density at radius 2 is 1.90 bits per heavy atom. The van der Waals surface area contributed by atoms with E-state index >= 15 is 0 Å². The van der Waals surface area contributed by atoms with E-state index in [1.165, 1.54) is 10.4 Å². The molecule has 160 valence electrons. The fourth-order valence-corrected chi connectivity index (χ4v) is 5.34. The second-order valence-electron chi connectivity index (χ2n) is 7.00. The molecule has 0 bridgehead atoms. The minimum absolute atomic E-state index is 0.119. The molecule has 2 aromatic rings. The molecule has 2 aromatic carbocycles. The highest BCUT2D eigenvalue weighted by molar-refractivity contribution is 9.10. The van der Waals surface area contributed by atoms with Crippen molar-refractivity contribution in [2.45, 2.75) is 17.4 Å². The van der Waals surface area contributed by atoms with E-state index < -0.39 is 21.7 Å². The van der Waals surface area contributed by atoms with E-state index in [0.29, 0.717) is 32.0 Å². The maximum Gasteiger partial charge on any atom is 0.254 e. The number of nitrogens with one attached hydrogen (secondary N) is 1. The molecule has 0 saturated carbocycles. The number of amides is 1. The summed E-state index contributed by atoms with van der Waals surface area (Å²) in [6, 6.07) is 8.38. The number of ether oxygens (including phenoxy) is 2. The maximum absolute atomic E-state index is 14.4. The molecule has 10 heteroatoms. The first-order valence-corrected chi connectivity index (χ1v) is 11.7. The van der Waals surface area contributed by atoms with Crippen LogP contribution in [0.2, 0.25) is 0 Å². The Kier molecular flexibility index (Phi) is 6.10. The zero-order chi connectivity index (χ0) is 21.3. The lowest BCUT2D eigenvalue weighted by molar-refractivity contribution is 0.0730. The molecular formula is C20H20BrFN2O5S. The highest BCUT2D eigenvalue weighted by Crippen LogP contribution is 2.34. The van der Waals surface area contributed by atoms with Crippen LogP contribution in [-0.4, -0.2) is 51.5 Å². The van der Waals surface area contributed by atoms with Crippen molar-refractivity contribution in [3.8, 4) is 5.75 Å². The van der Waals surface area contributed by atoms with Crippen molar-refractivity contribution in [1.82, 2.24) is 9.62 Å². The Balaban J connectivity index is 1.60.